The Hall–Kier alpha value is -1.30. The molecule has 0 N–H and O–H groups in total. The van der Waals surface area contributed by atoms with Crippen molar-refractivity contribution in [3.8, 4) is 5.75 Å². The minimum atomic E-state index is -4.45. The molecule has 0 unspecified atom stereocenters. The minimum absolute atomic E-state index is 0.0775. The van der Waals surface area contributed by atoms with Crippen LogP contribution in [0.25, 0.3) is 0 Å². The molecule has 1 aliphatic rings. The predicted molar refractivity (Wildman–Crippen MR) is 51.5 cm³/mol. The van der Waals surface area contributed by atoms with Gasteiger partial charge in [-0.2, -0.15) is 13.2 Å². The zero-order chi connectivity index (χ0) is 12.7. The number of alkyl halides is 3. The molecule has 1 heterocycles. The smallest absolute Gasteiger partial charge is 0.402 e. The molecule has 1 fully saturated rings. The van der Waals surface area contributed by atoms with Gasteiger partial charge in [-0.15, -0.1) is 0 Å². The van der Waals surface area contributed by atoms with Gasteiger partial charge >= 0.3 is 6.18 Å². The van der Waals surface area contributed by atoms with E-state index in [1.54, 1.807) is 0 Å². The van der Waals surface area contributed by atoms with E-state index in [0.29, 0.717) is 0 Å². The van der Waals surface area contributed by atoms with Crippen LogP contribution in [0, 0.1) is 5.82 Å². The average molecular weight is 250 g/mol. The topological polar surface area (TPSA) is 18.5 Å². The summed E-state index contributed by atoms with van der Waals surface area (Å²) in [5.74, 6) is -0.883. The number of ether oxygens (including phenoxy) is 2. The molecule has 0 amide bonds. The van der Waals surface area contributed by atoms with Gasteiger partial charge < -0.3 is 9.47 Å². The van der Waals surface area contributed by atoms with Crippen molar-refractivity contribution in [1.29, 1.82) is 0 Å². The van der Waals surface area contributed by atoms with E-state index >= 15 is 0 Å². The quantitative estimate of drug-likeness (QED) is 0.751. The maximum absolute atomic E-state index is 13.4. The van der Waals surface area contributed by atoms with Crippen molar-refractivity contribution < 1.29 is 27.0 Å². The highest BCUT2D eigenvalue weighted by Gasteiger charge is 2.61. The van der Waals surface area contributed by atoms with Crippen LogP contribution in [0.5, 0.6) is 5.75 Å². The van der Waals surface area contributed by atoms with Crippen LogP contribution in [-0.4, -0.2) is 26.5 Å². The number of benzene rings is 1. The monoisotopic (exact) mass is 250 g/mol. The van der Waals surface area contributed by atoms with Crippen molar-refractivity contribution in [1.82, 2.24) is 0 Å². The van der Waals surface area contributed by atoms with E-state index in [-0.39, 0.29) is 11.3 Å². The number of methoxy groups -OCH3 is 1. The molecule has 1 aromatic rings. The molecule has 94 valence electrons. The third-order valence-electron chi connectivity index (χ3n) is 2.94. The largest absolute Gasteiger partial charge is 0.494 e. The zero-order valence-electron chi connectivity index (χ0n) is 8.97. The average Bonchev–Trinajstić information content (AvgIpc) is 2.13. The Labute approximate surface area is 95.1 Å². The second-order valence-electron chi connectivity index (χ2n) is 3.92. The molecule has 1 saturated heterocycles. The second-order valence-corrected chi connectivity index (χ2v) is 3.92. The molecule has 0 aromatic heterocycles. The number of halogens is 4. The van der Waals surface area contributed by atoms with E-state index < -0.39 is 30.6 Å². The van der Waals surface area contributed by atoms with Crippen LogP contribution in [0.15, 0.2) is 18.2 Å². The van der Waals surface area contributed by atoms with E-state index in [0.717, 1.165) is 6.07 Å². The molecule has 17 heavy (non-hydrogen) atoms. The van der Waals surface area contributed by atoms with Gasteiger partial charge in [-0.1, -0.05) is 6.07 Å². The summed E-state index contributed by atoms with van der Waals surface area (Å²) < 4.78 is 61.5. The van der Waals surface area contributed by atoms with Crippen LogP contribution in [-0.2, 0) is 10.2 Å². The van der Waals surface area contributed by atoms with E-state index in [1.165, 1.54) is 19.2 Å². The molecule has 6 heteroatoms. The van der Waals surface area contributed by atoms with Crippen molar-refractivity contribution in [2.24, 2.45) is 0 Å². The van der Waals surface area contributed by atoms with Crippen molar-refractivity contribution >= 4 is 0 Å². The maximum Gasteiger partial charge on any atom is 0.402 e. The molecule has 0 radical (unpaired) electrons. The molecule has 0 bridgehead atoms. The van der Waals surface area contributed by atoms with E-state index in [1.807, 2.05) is 0 Å². The van der Waals surface area contributed by atoms with E-state index in [4.69, 9.17) is 0 Å². The molecule has 0 spiro atoms. The normalized spacial score (nSPS) is 18.6. The Bertz CT molecular complexity index is 424. The summed E-state index contributed by atoms with van der Waals surface area (Å²) in [4.78, 5) is 0. The van der Waals surface area contributed by atoms with Gasteiger partial charge in [0.2, 0.25) is 0 Å². The van der Waals surface area contributed by atoms with Crippen LogP contribution in [0.1, 0.15) is 5.56 Å². The SMILES string of the molecule is COc1ccc(C2(C(F)(F)F)COC2)cc1F. The third-order valence-corrected chi connectivity index (χ3v) is 2.94. The first kappa shape index (κ1) is 12.2. The highest BCUT2D eigenvalue weighted by Crippen LogP contribution is 2.46. The Kier molecular flexibility index (Phi) is 2.77. The third kappa shape index (κ3) is 1.76. The summed E-state index contributed by atoms with van der Waals surface area (Å²) in [5, 5.41) is 0. The zero-order valence-corrected chi connectivity index (χ0v) is 8.97. The molecule has 0 saturated carbocycles. The number of rotatable bonds is 2. The highest BCUT2D eigenvalue weighted by molar-refractivity contribution is 5.36. The molecule has 1 aromatic carbocycles. The summed E-state index contributed by atoms with van der Waals surface area (Å²) in [6.45, 7) is -0.940. The fourth-order valence-electron chi connectivity index (χ4n) is 1.76. The van der Waals surface area contributed by atoms with Crippen molar-refractivity contribution in [2.75, 3.05) is 20.3 Å². The van der Waals surface area contributed by atoms with Gasteiger partial charge in [0.15, 0.2) is 11.6 Å². The summed E-state index contributed by atoms with van der Waals surface area (Å²) in [7, 11) is 1.25. The summed E-state index contributed by atoms with van der Waals surface area (Å²) in [6, 6.07) is 3.27. The van der Waals surface area contributed by atoms with Crippen molar-refractivity contribution in [3.05, 3.63) is 29.6 Å². The maximum atomic E-state index is 13.4. The lowest BCUT2D eigenvalue weighted by molar-refractivity contribution is -0.262. The molecule has 1 aliphatic heterocycles. The highest BCUT2D eigenvalue weighted by atomic mass is 19.4. The summed E-state index contributed by atoms with van der Waals surface area (Å²) in [6.07, 6.45) is -4.45. The van der Waals surface area contributed by atoms with Gasteiger partial charge in [0.05, 0.1) is 20.3 Å². The fourth-order valence-corrected chi connectivity index (χ4v) is 1.76. The fraction of sp³-hybridized carbons (Fsp3) is 0.455. The van der Waals surface area contributed by atoms with Crippen LogP contribution in [0.2, 0.25) is 0 Å². The second kappa shape index (κ2) is 3.87. The molecule has 2 rings (SSSR count). The number of hydrogen-bond acceptors (Lipinski definition) is 2. The Morgan fingerprint density at radius 1 is 1.29 bits per heavy atom. The van der Waals surface area contributed by atoms with E-state index in [9.17, 15) is 17.6 Å². The van der Waals surface area contributed by atoms with E-state index in [2.05, 4.69) is 9.47 Å². The van der Waals surface area contributed by atoms with Gasteiger partial charge in [0.1, 0.15) is 5.41 Å². The minimum Gasteiger partial charge on any atom is -0.494 e. The van der Waals surface area contributed by atoms with Crippen LogP contribution < -0.4 is 4.74 Å². The van der Waals surface area contributed by atoms with Crippen LogP contribution in [0.4, 0.5) is 17.6 Å². The molecule has 0 atom stereocenters. The lowest BCUT2D eigenvalue weighted by atomic mass is 9.78. The van der Waals surface area contributed by atoms with Gasteiger partial charge in [-0.25, -0.2) is 4.39 Å². The molecule has 2 nitrogen and oxygen atoms in total. The Morgan fingerprint density at radius 3 is 2.29 bits per heavy atom. The Balaban J connectivity index is 2.42. The van der Waals surface area contributed by atoms with Gasteiger partial charge in [0.25, 0.3) is 0 Å². The van der Waals surface area contributed by atoms with Crippen molar-refractivity contribution in [3.63, 3.8) is 0 Å². The predicted octanol–water partition coefficient (Wildman–Crippen LogP) is 2.66. The molecular formula is C11H10F4O2. The van der Waals surface area contributed by atoms with Gasteiger partial charge in [0, 0.05) is 0 Å². The Morgan fingerprint density at radius 2 is 1.94 bits per heavy atom. The van der Waals surface area contributed by atoms with Crippen molar-refractivity contribution in [2.45, 2.75) is 11.6 Å². The van der Waals surface area contributed by atoms with Gasteiger partial charge in [-0.3, -0.25) is 0 Å². The molecular weight excluding hydrogens is 240 g/mol. The lowest BCUT2D eigenvalue weighted by Crippen LogP contribution is -2.57. The first-order valence-corrected chi connectivity index (χ1v) is 4.89. The summed E-state index contributed by atoms with van der Waals surface area (Å²) in [5.41, 5.74) is -2.21. The lowest BCUT2D eigenvalue weighted by Gasteiger charge is -2.43. The number of hydrogen-bond donors (Lipinski definition) is 0. The summed E-state index contributed by atoms with van der Waals surface area (Å²) >= 11 is 0. The van der Waals surface area contributed by atoms with Crippen LogP contribution >= 0.6 is 0 Å². The molecule has 0 aliphatic carbocycles. The van der Waals surface area contributed by atoms with Crippen LogP contribution in [0.3, 0.4) is 0 Å². The standard InChI is InChI=1S/C11H10F4O2/c1-16-9-3-2-7(4-8(9)12)10(5-17-6-10)11(13,14)15/h2-4H,5-6H2,1H3. The van der Waals surface area contributed by atoms with Gasteiger partial charge in [-0.05, 0) is 17.7 Å². The first-order chi connectivity index (χ1) is 7.90. The first-order valence-electron chi connectivity index (χ1n) is 4.89.